The second-order valence-electron chi connectivity index (χ2n) is 3.48. The largest absolute Gasteiger partial charge is 0.434 e. The van der Waals surface area contributed by atoms with E-state index in [4.69, 9.17) is 15.3 Å². The van der Waals surface area contributed by atoms with E-state index in [1.54, 1.807) is 0 Å². The molecule has 0 spiro atoms. The summed E-state index contributed by atoms with van der Waals surface area (Å²) in [5, 5.41) is 54.2. The molecule has 0 saturated heterocycles. The van der Waals surface area contributed by atoms with Gasteiger partial charge in [0.15, 0.2) is 12.4 Å². The molecule has 0 radical (unpaired) electrons. The first-order valence-electron chi connectivity index (χ1n) is 5.06. The van der Waals surface area contributed by atoms with Crippen LogP contribution in [0.5, 0.6) is 0 Å². The van der Waals surface area contributed by atoms with Crippen molar-refractivity contribution in [3.05, 3.63) is 0 Å². The number of ether oxygens (including phenoxy) is 1. The van der Waals surface area contributed by atoms with Crippen molar-refractivity contribution in [1.29, 1.82) is 0 Å². The average molecular weight is 254 g/mol. The van der Waals surface area contributed by atoms with Gasteiger partial charge >= 0.3 is 5.97 Å². The molecule has 0 aliphatic carbocycles. The Bertz CT molecular complexity index is 233. The summed E-state index contributed by atoms with van der Waals surface area (Å²) in [7, 11) is 0. The van der Waals surface area contributed by atoms with Crippen LogP contribution in [-0.4, -0.2) is 73.9 Å². The van der Waals surface area contributed by atoms with Gasteiger partial charge in [0.1, 0.15) is 18.3 Å². The van der Waals surface area contributed by atoms with E-state index < -0.39 is 43.3 Å². The van der Waals surface area contributed by atoms with E-state index in [1.807, 2.05) is 0 Å². The van der Waals surface area contributed by atoms with E-state index in [0.717, 1.165) is 0 Å². The quantitative estimate of drug-likeness (QED) is 0.204. The molecule has 0 amide bonds. The molecule has 8 heteroatoms. The van der Waals surface area contributed by atoms with E-state index in [2.05, 4.69) is 4.74 Å². The Morgan fingerprint density at radius 1 is 1.12 bits per heavy atom. The molecule has 8 nitrogen and oxygen atoms in total. The average Bonchev–Trinajstić information content (AvgIpc) is 2.34. The Balaban J connectivity index is 4.38. The maximum Gasteiger partial charge on any atom is 0.340 e. The Morgan fingerprint density at radius 3 is 2.06 bits per heavy atom. The van der Waals surface area contributed by atoms with Gasteiger partial charge in [-0.15, -0.1) is 0 Å². The summed E-state index contributed by atoms with van der Waals surface area (Å²) in [4.78, 5) is 11.1. The minimum absolute atomic E-state index is 0.0936. The summed E-state index contributed by atoms with van der Waals surface area (Å²) >= 11 is 0. The van der Waals surface area contributed by atoms with Gasteiger partial charge in [-0.1, -0.05) is 6.92 Å². The number of rotatable bonds is 7. The van der Waals surface area contributed by atoms with Gasteiger partial charge in [-0.05, 0) is 0 Å². The Labute approximate surface area is 97.7 Å². The molecule has 17 heavy (non-hydrogen) atoms. The van der Waals surface area contributed by atoms with E-state index in [-0.39, 0.29) is 6.42 Å². The first kappa shape index (κ1) is 16.2. The second-order valence-corrected chi connectivity index (χ2v) is 3.48. The molecular weight excluding hydrogens is 236 g/mol. The normalized spacial score (nSPS) is 20.2. The third-order valence-electron chi connectivity index (χ3n) is 2.10. The molecule has 1 unspecified atom stereocenters. The Hall–Kier alpha value is -0.770. The molecule has 6 N–H and O–H groups in total. The molecule has 0 aliphatic heterocycles. The zero-order chi connectivity index (χ0) is 13.6. The number of aliphatic hydroxyl groups excluding tert-OH is 6. The van der Waals surface area contributed by atoms with Crippen molar-refractivity contribution in [2.45, 2.75) is 44.1 Å². The van der Waals surface area contributed by atoms with Crippen LogP contribution < -0.4 is 0 Å². The van der Waals surface area contributed by atoms with E-state index in [1.165, 1.54) is 6.92 Å². The molecule has 0 aromatic rings. The van der Waals surface area contributed by atoms with Crippen LogP contribution in [0.3, 0.4) is 0 Å². The van der Waals surface area contributed by atoms with Gasteiger partial charge in [-0.25, -0.2) is 4.79 Å². The highest BCUT2D eigenvalue weighted by Crippen LogP contribution is 2.08. The van der Waals surface area contributed by atoms with Crippen molar-refractivity contribution in [1.82, 2.24) is 0 Å². The van der Waals surface area contributed by atoms with Gasteiger partial charge < -0.3 is 35.4 Å². The standard InChI is InChI=1S/C9H18O8/c1-2-5(12)17-9(16)8(15)7(14)6(13)4(11)3-10/h4-8,10-15H,2-3H2,1H3/t4-,5?,6-,7+,8-/m1/s1. The highest BCUT2D eigenvalue weighted by atomic mass is 16.6. The number of hydrogen-bond acceptors (Lipinski definition) is 8. The van der Waals surface area contributed by atoms with Crippen LogP contribution in [0.4, 0.5) is 0 Å². The van der Waals surface area contributed by atoms with Crippen LogP contribution in [0.1, 0.15) is 13.3 Å². The van der Waals surface area contributed by atoms with Crippen LogP contribution in [0.2, 0.25) is 0 Å². The van der Waals surface area contributed by atoms with Crippen molar-refractivity contribution >= 4 is 5.97 Å². The number of carbonyl (C=O) groups excluding carboxylic acids is 1. The summed E-state index contributed by atoms with van der Waals surface area (Å²) in [6.07, 6.45) is -9.12. The smallest absolute Gasteiger partial charge is 0.340 e. The van der Waals surface area contributed by atoms with Crippen molar-refractivity contribution < 1.29 is 40.2 Å². The number of esters is 1. The number of carbonyl (C=O) groups is 1. The molecule has 5 atom stereocenters. The minimum atomic E-state index is -2.13. The number of aliphatic hydroxyl groups is 6. The van der Waals surface area contributed by atoms with Crippen molar-refractivity contribution in [3.8, 4) is 0 Å². The summed E-state index contributed by atoms with van der Waals surface area (Å²) in [5.74, 6) is -1.34. The van der Waals surface area contributed by atoms with Gasteiger partial charge in [0, 0.05) is 6.42 Å². The van der Waals surface area contributed by atoms with Gasteiger partial charge in [0.2, 0.25) is 0 Å². The minimum Gasteiger partial charge on any atom is -0.434 e. The summed E-state index contributed by atoms with van der Waals surface area (Å²) in [6, 6.07) is 0. The summed E-state index contributed by atoms with van der Waals surface area (Å²) in [5.41, 5.74) is 0. The fraction of sp³-hybridized carbons (Fsp3) is 0.889. The maximum absolute atomic E-state index is 11.1. The predicted octanol–water partition coefficient (Wildman–Crippen LogP) is -3.31. The summed E-state index contributed by atoms with van der Waals surface area (Å²) in [6.45, 7) is 0.669. The van der Waals surface area contributed by atoms with Gasteiger partial charge in [0.25, 0.3) is 0 Å². The Morgan fingerprint density at radius 2 is 1.65 bits per heavy atom. The zero-order valence-corrected chi connectivity index (χ0v) is 9.30. The van der Waals surface area contributed by atoms with E-state index in [9.17, 15) is 20.1 Å². The molecular formula is C9H18O8. The van der Waals surface area contributed by atoms with Gasteiger partial charge in [-0.3, -0.25) is 0 Å². The molecule has 0 rings (SSSR count). The third-order valence-corrected chi connectivity index (χ3v) is 2.10. The van der Waals surface area contributed by atoms with Crippen LogP contribution in [-0.2, 0) is 9.53 Å². The highest BCUT2D eigenvalue weighted by Gasteiger charge is 2.35. The zero-order valence-electron chi connectivity index (χ0n) is 9.30. The van der Waals surface area contributed by atoms with E-state index >= 15 is 0 Å². The lowest BCUT2D eigenvalue weighted by atomic mass is 10.0. The maximum atomic E-state index is 11.1. The molecule has 0 saturated carbocycles. The molecule has 0 fully saturated rings. The first-order chi connectivity index (χ1) is 7.84. The fourth-order valence-electron chi connectivity index (χ4n) is 0.949. The molecule has 0 bridgehead atoms. The lowest BCUT2D eigenvalue weighted by Gasteiger charge is -2.25. The first-order valence-corrected chi connectivity index (χ1v) is 5.06. The molecule has 0 aromatic carbocycles. The van der Waals surface area contributed by atoms with E-state index in [0.29, 0.717) is 0 Å². The van der Waals surface area contributed by atoms with Crippen LogP contribution >= 0.6 is 0 Å². The monoisotopic (exact) mass is 254 g/mol. The molecule has 0 heterocycles. The van der Waals surface area contributed by atoms with Crippen molar-refractivity contribution in [2.24, 2.45) is 0 Å². The second kappa shape index (κ2) is 7.54. The third kappa shape index (κ3) is 4.94. The molecule has 0 aromatic heterocycles. The lowest BCUT2D eigenvalue weighted by Crippen LogP contribution is -2.49. The van der Waals surface area contributed by atoms with Crippen molar-refractivity contribution in [2.75, 3.05) is 6.61 Å². The summed E-state index contributed by atoms with van der Waals surface area (Å²) < 4.78 is 4.30. The lowest BCUT2D eigenvalue weighted by molar-refractivity contribution is -0.190. The van der Waals surface area contributed by atoms with Gasteiger partial charge in [0.05, 0.1) is 6.61 Å². The molecule has 102 valence electrons. The van der Waals surface area contributed by atoms with Gasteiger partial charge in [-0.2, -0.15) is 0 Å². The van der Waals surface area contributed by atoms with Crippen LogP contribution in [0, 0.1) is 0 Å². The Kier molecular flexibility index (Phi) is 7.19. The van der Waals surface area contributed by atoms with Crippen molar-refractivity contribution in [3.63, 3.8) is 0 Å². The fourth-order valence-corrected chi connectivity index (χ4v) is 0.949. The van der Waals surface area contributed by atoms with Crippen LogP contribution in [0.15, 0.2) is 0 Å². The van der Waals surface area contributed by atoms with Crippen LogP contribution in [0.25, 0.3) is 0 Å². The predicted molar refractivity (Wildman–Crippen MR) is 53.5 cm³/mol. The molecule has 0 aliphatic rings. The number of hydrogen-bond donors (Lipinski definition) is 6. The topological polar surface area (TPSA) is 148 Å². The SMILES string of the molecule is CCC(O)OC(=O)[C@H](O)[C@@H](O)[C@H](O)[C@H](O)CO. The highest BCUT2D eigenvalue weighted by molar-refractivity contribution is 5.75.